The van der Waals surface area contributed by atoms with Gasteiger partial charge in [-0.05, 0) is 17.7 Å². The first-order valence-electron chi connectivity index (χ1n) is 3.33. The van der Waals surface area contributed by atoms with Gasteiger partial charge in [-0.1, -0.05) is 29.3 Å². The van der Waals surface area contributed by atoms with E-state index in [4.69, 9.17) is 28.3 Å². The second kappa shape index (κ2) is 3.84. The van der Waals surface area contributed by atoms with Gasteiger partial charge in [0.05, 0.1) is 15.8 Å². The Labute approximate surface area is 86.5 Å². The summed E-state index contributed by atoms with van der Waals surface area (Å²) in [5.74, 6) is -0.232. The summed E-state index contributed by atoms with van der Waals surface area (Å²) < 4.78 is 21.4. The van der Waals surface area contributed by atoms with Gasteiger partial charge in [0.2, 0.25) is 10.0 Å². The Hall–Kier alpha value is -0.290. The van der Waals surface area contributed by atoms with E-state index < -0.39 is 10.0 Å². The minimum Gasteiger partial charge on any atom is -0.228 e. The highest BCUT2D eigenvalue weighted by Gasteiger charge is 2.06. The van der Waals surface area contributed by atoms with E-state index in [0.29, 0.717) is 15.6 Å². The van der Waals surface area contributed by atoms with Crippen molar-refractivity contribution < 1.29 is 8.42 Å². The summed E-state index contributed by atoms with van der Waals surface area (Å²) in [5.41, 5.74) is 0.525. The number of sulfonamides is 1. The molecule has 0 radical (unpaired) electrons. The van der Waals surface area contributed by atoms with Crippen LogP contribution in [-0.4, -0.2) is 8.42 Å². The molecule has 0 aliphatic carbocycles. The molecule has 0 saturated carbocycles. The Morgan fingerprint density at radius 1 is 1.23 bits per heavy atom. The zero-order chi connectivity index (χ0) is 10.1. The molecule has 0 atom stereocenters. The van der Waals surface area contributed by atoms with Gasteiger partial charge in [0.1, 0.15) is 0 Å². The van der Waals surface area contributed by atoms with Crippen molar-refractivity contribution in [1.82, 2.24) is 0 Å². The van der Waals surface area contributed by atoms with Crippen molar-refractivity contribution in [2.24, 2.45) is 5.14 Å². The molecule has 0 unspecified atom stereocenters. The first kappa shape index (κ1) is 10.8. The van der Waals surface area contributed by atoms with Gasteiger partial charge in [-0.3, -0.25) is 0 Å². The van der Waals surface area contributed by atoms with Gasteiger partial charge in [-0.25, -0.2) is 13.6 Å². The van der Waals surface area contributed by atoms with Crippen molar-refractivity contribution in [1.29, 1.82) is 0 Å². The van der Waals surface area contributed by atoms with Crippen LogP contribution in [-0.2, 0) is 15.8 Å². The van der Waals surface area contributed by atoms with Crippen LogP contribution in [0.5, 0.6) is 0 Å². The molecular weight excluding hydrogens is 233 g/mol. The molecular formula is C7H7Cl2NO2S. The van der Waals surface area contributed by atoms with Crippen LogP contribution < -0.4 is 5.14 Å². The van der Waals surface area contributed by atoms with Crippen molar-refractivity contribution in [2.45, 2.75) is 5.75 Å². The SMILES string of the molecule is NS(=O)(=O)Cc1ccc(Cl)c(Cl)c1. The van der Waals surface area contributed by atoms with Gasteiger partial charge in [-0.2, -0.15) is 0 Å². The lowest BCUT2D eigenvalue weighted by molar-refractivity contribution is 0.597. The second-order valence-corrected chi connectivity index (χ2v) is 4.98. The van der Waals surface area contributed by atoms with E-state index in [1.54, 1.807) is 6.07 Å². The van der Waals surface area contributed by atoms with E-state index in [9.17, 15) is 8.42 Å². The molecule has 1 rings (SSSR count). The van der Waals surface area contributed by atoms with Crippen LogP contribution >= 0.6 is 23.2 Å². The number of hydrogen-bond acceptors (Lipinski definition) is 2. The maximum Gasteiger partial charge on any atom is 0.213 e. The highest BCUT2D eigenvalue weighted by Crippen LogP contribution is 2.23. The predicted molar refractivity (Wildman–Crippen MR) is 53.3 cm³/mol. The minimum atomic E-state index is -3.51. The summed E-state index contributed by atoms with van der Waals surface area (Å²) >= 11 is 11.3. The van der Waals surface area contributed by atoms with Gasteiger partial charge in [0.15, 0.2) is 0 Å². The summed E-state index contributed by atoms with van der Waals surface area (Å²) in [6, 6.07) is 4.58. The van der Waals surface area contributed by atoms with Gasteiger partial charge < -0.3 is 0 Å². The lowest BCUT2D eigenvalue weighted by Gasteiger charge is -2.00. The first-order chi connectivity index (χ1) is 5.88. The Morgan fingerprint density at radius 2 is 1.85 bits per heavy atom. The minimum absolute atomic E-state index is 0.232. The standard InChI is InChI=1S/C7H7Cl2NO2S/c8-6-2-1-5(3-7(6)9)4-13(10,11)12/h1-3H,4H2,(H2,10,11,12). The fraction of sp³-hybridized carbons (Fsp3) is 0.143. The van der Waals surface area contributed by atoms with Crippen molar-refractivity contribution in [2.75, 3.05) is 0 Å². The lowest BCUT2D eigenvalue weighted by atomic mass is 10.2. The zero-order valence-corrected chi connectivity index (χ0v) is 8.83. The molecule has 3 nitrogen and oxygen atoms in total. The quantitative estimate of drug-likeness (QED) is 0.856. The van der Waals surface area contributed by atoms with Gasteiger partial charge >= 0.3 is 0 Å². The fourth-order valence-electron chi connectivity index (χ4n) is 0.862. The molecule has 6 heteroatoms. The number of primary sulfonamides is 1. The van der Waals surface area contributed by atoms with Crippen molar-refractivity contribution in [3.8, 4) is 0 Å². The number of benzene rings is 1. The third kappa shape index (κ3) is 3.52. The highest BCUT2D eigenvalue weighted by molar-refractivity contribution is 7.88. The molecule has 0 aromatic heterocycles. The number of halogens is 2. The van der Waals surface area contributed by atoms with Crippen LogP contribution in [0.4, 0.5) is 0 Å². The maximum absolute atomic E-state index is 10.7. The van der Waals surface area contributed by atoms with E-state index in [1.165, 1.54) is 12.1 Å². The largest absolute Gasteiger partial charge is 0.228 e. The average Bonchev–Trinajstić information content (AvgIpc) is 1.94. The van der Waals surface area contributed by atoms with Crippen molar-refractivity contribution in [3.05, 3.63) is 33.8 Å². The Bertz CT molecular complexity index is 417. The number of rotatable bonds is 2. The Kier molecular flexibility index (Phi) is 3.18. The molecule has 1 aromatic rings. The molecule has 2 N–H and O–H groups in total. The summed E-state index contributed by atoms with van der Waals surface area (Å²) in [6.45, 7) is 0. The van der Waals surface area contributed by atoms with E-state index in [-0.39, 0.29) is 5.75 Å². The third-order valence-electron chi connectivity index (χ3n) is 1.35. The molecule has 1 aromatic carbocycles. The molecule has 0 bridgehead atoms. The molecule has 0 saturated heterocycles. The topological polar surface area (TPSA) is 60.2 Å². The predicted octanol–water partition coefficient (Wildman–Crippen LogP) is 1.78. The van der Waals surface area contributed by atoms with Crippen LogP contribution in [0.2, 0.25) is 10.0 Å². The third-order valence-corrected chi connectivity index (χ3v) is 2.83. The molecule has 0 spiro atoms. The van der Waals surface area contributed by atoms with Crippen LogP contribution in [0, 0.1) is 0 Å². The number of nitrogens with two attached hydrogens (primary N) is 1. The fourth-order valence-corrected chi connectivity index (χ4v) is 1.83. The van der Waals surface area contributed by atoms with E-state index in [1.807, 2.05) is 0 Å². The molecule has 0 heterocycles. The Morgan fingerprint density at radius 3 is 2.31 bits per heavy atom. The van der Waals surface area contributed by atoms with Crippen LogP contribution in [0.15, 0.2) is 18.2 Å². The Balaban J connectivity index is 2.99. The molecule has 0 aliphatic heterocycles. The van der Waals surface area contributed by atoms with Gasteiger partial charge in [0, 0.05) is 0 Å². The maximum atomic E-state index is 10.7. The first-order valence-corrected chi connectivity index (χ1v) is 5.80. The monoisotopic (exact) mass is 239 g/mol. The zero-order valence-electron chi connectivity index (χ0n) is 6.50. The normalized spacial score (nSPS) is 11.6. The second-order valence-electron chi connectivity index (χ2n) is 2.56. The summed E-state index contributed by atoms with van der Waals surface area (Å²) in [7, 11) is -3.51. The average molecular weight is 240 g/mol. The van der Waals surface area contributed by atoms with Gasteiger partial charge in [-0.15, -0.1) is 0 Å². The van der Waals surface area contributed by atoms with E-state index in [2.05, 4.69) is 0 Å². The molecule has 13 heavy (non-hydrogen) atoms. The summed E-state index contributed by atoms with van der Waals surface area (Å²) in [6.07, 6.45) is 0. The molecule has 0 fully saturated rings. The number of hydrogen-bond donors (Lipinski definition) is 1. The van der Waals surface area contributed by atoms with Crippen LogP contribution in [0.3, 0.4) is 0 Å². The molecule has 72 valence electrons. The summed E-state index contributed by atoms with van der Waals surface area (Å²) in [4.78, 5) is 0. The lowest BCUT2D eigenvalue weighted by Crippen LogP contribution is -2.14. The molecule has 0 aliphatic rings. The van der Waals surface area contributed by atoms with Crippen LogP contribution in [0.1, 0.15) is 5.56 Å². The highest BCUT2D eigenvalue weighted by atomic mass is 35.5. The van der Waals surface area contributed by atoms with E-state index in [0.717, 1.165) is 0 Å². The van der Waals surface area contributed by atoms with Crippen LogP contribution in [0.25, 0.3) is 0 Å². The summed E-state index contributed by atoms with van der Waals surface area (Å²) in [5, 5.41) is 5.56. The van der Waals surface area contributed by atoms with Crippen molar-refractivity contribution in [3.63, 3.8) is 0 Å². The van der Waals surface area contributed by atoms with E-state index >= 15 is 0 Å². The van der Waals surface area contributed by atoms with Crippen molar-refractivity contribution >= 4 is 33.2 Å². The molecule has 0 amide bonds. The smallest absolute Gasteiger partial charge is 0.213 e. The van der Waals surface area contributed by atoms with Gasteiger partial charge in [0.25, 0.3) is 0 Å².